The summed E-state index contributed by atoms with van der Waals surface area (Å²) in [7, 11) is 0. The second-order valence-corrected chi connectivity index (χ2v) is 8.24. The van der Waals surface area contributed by atoms with Gasteiger partial charge in [-0.3, -0.25) is 24.6 Å². The van der Waals surface area contributed by atoms with Crippen LogP contribution in [0.25, 0.3) is 10.8 Å². The minimum Gasteiger partial charge on any atom is -0.484 e. The summed E-state index contributed by atoms with van der Waals surface area (Å²) >= 11 is 6.00. The van der Waals surface area contributed by atoms with Gasteiger partial charge in [0.25, 0.3) is 17.7 Å². The fraction of sp³-hybridized carbons (Fsp3) is 0.154. The zero-order chi connectivity index (χ0) is 24.9. The number of anilines is 1. The topological polar surface area (TPSA) is 96.0 Å². The molecule has 8 nitrogen and oxygen atoms in total. The lowest BCUT2D eigenvalue weighted by Crippen LogP contribution is -2.55. The number of allylic oxidation sites excluding steroid dienone is 1. The van der Waals surface area contributed by atoms with Crippen LogP contribution >= 0.6 is 11.6 Å². The van der Waals surface area contributed by atoms with Gasteiger partial charge in [0, 0.05) is 11.1 Å². The minimum atomic E-state index is -1.21. The van der Waals surface area contributed by atoms with Crippen molar-refractivity contribution in [3.63, 3.8) is 0 Å². The number of ether oxygens (including phenoxy) is 1. The molecule has 3 aromatic rings. The third-order valence-corrected chi connectivity index (χ3v) is 5.62. The molecule has 1 atom stereocenters. The second-order valence-electron chi connectivity index (χ2n) is 7.81. The molecule has 0 bridgehead atoms. The Labute approximate surface area is 206 Å². The maximum absolute atomic E-state index is 13.1. The van der Waals surface area contributed by atoms with Crippen molar-refractivity contribution in [2.45, 2.75) is 19.4 Å². The van der Waals surface area contributed by atoms with Crippen molar-refractivity contribution >= 4 is 51.7 Å². The van der Waals surface area contributed by atoms with Crippen LogP contribution in [-0.2, 0) is 19.2 Å². The highest BCUT2D eigenvalue weighted by atomic mass is 35.5. The van der Waals surface area contributed by atoms with Gasteiger partial charge in [0.1, 0.15) is 11.8 Å². The van der Waals surface area contributed by atoms with Gasteiger partial charge in [-0.25, -0.2) is 9.91 Å². The average Bonchev–Trinajstić information content (AvgIpc) is 3.14. The van der Waals surface area contributed by atoms with Crippen LogP contribution in [0.2, 0.25) is 5.02 Å². The number of benzene rings is 3. The van der Waals surface area contributed by atoms with E-state index in [-0.39, 0.29) is 6.42 Å². The molecule has 4 amide bonds. The van der Waals surface area contributed by atoms with E-state index < -0.39 is 36.3 Å². The fourth-order valence-electron chi connectivity index (χ4n) is 3.79. The Hall–Kier alpha value is -4.17. The summed E-state index contributed by atoms with van der Waals surface area (Å²) in [6.07, 6.45) is 2.38. The Kier molecular flexibility index (Phi) is 7.12. The molecule has 0 saturated carbocycles. The first-order valence-corrected chi connectivity index (χ1v) is 11.2. The Morgan fingerprint density at radius 2 is 1.86 bits per heavy atom. The smallest absolute Gasteiger partial charge is 0.276 e. The monoisotopic (exact) mass is 491 g/mol. The minimum absolute atomic E-state index is 0.291. The largest absolute Gasteiger partial charge is 0.484 e. The molecule has 0 spiro atoms. The standard InChI is InChI=1S/C26H22ClN3O5/c1-2-6-24(32)30(22-15-25(33)29(26(22)34)20-10-5-9-19(27)14-20)28-23(31)16-35-21-12-11-17-7-3-4-8-18(17)13-21/h2-14,22H,15-16H2,1H3,(H,28,31). The number of fused-ring (bicyclic) bond motifs is 1. The van der Waals surface area contributed by atoms with Crippen LogP contribution in [0.15, 0.2) is 78.9 Å². The van der Waals surface area contributed by atoms with E-state index in [0.29, 0.717) is 16.5 Å². The summed E-state index contributed by atoms with van der Waals surface area (Å²) in [6, 6.07) is 18.2. The highest BCUT2D eigenvalue weighted by Crippen LogP contribution is 2.27. The van der Waals surface area contributed by atoms with Gasteiger partial charge in [-0.2, -0.15) is 0 Å². The molecule has 0 aliphatic carbocycles. The molecule has 1 heterocycles. The summed E-state index contributed by atoms with van der Waals surface area (Å²) in [5.41, 5.74) is 2.72. The first kappa shape index (κ1) is 24.0. The number of amides is 4. The maximum atomic E-state index is 13.1. The van der Waals surface area contributed by atoms with Gasteiger partial charge < -0.3 is 4.74 Å². The van der Waals surface area contributed by atoms with E-state index in [4.69, 9.17) is 16.3 Å². The van der Waals surface area contributed by atoms with Gasteiger partial charge in [0.05, 0.1) is 12.1 Å². The zero-order valence-electron chi connectivity index (χ0n) is 18.8. The summed E-state index contributed by atoms with van der Waals surface area (Å²) in [5, 5.41) is 3.21. The lowest BCUT2D eigenvalue weighted by atomic mass is 10.1. The van der Waals surface area contributed by atoms with Crippen molar-refractivity contribution in [3.8, 4) is 5.75 Å². The molecule has 1 N–H and O–H groups in total. The Morgan fingerprint density at radius 3 is 2.60 bits per heavy atom. The van der Waals surface area contributed by atoms with Gasteiger partial charge >= 0.3 is 0 Å². The van der Waals surface area contributed by atoms with Crippen molar-refractivity contribution in [1.29, 1.82) is 0 Å². The SMILES string of the molecule is CC=CC(=O)N(NC(=O)COc1ccc2ccccc2c1)C1CC(=O)N(c2cccc(Cl)c2)C1=O. The number of hydrogen-bond acceptors (Lipinski definition) is 5. The van der Waals surface area contributed by atoms with Crippen LogP contribution in [-0.4, -0.2) is 41.3 Å². The molecule has 0 radical (unpaired) electrons. The van der Waals surface area contributed by atoms with E-state index in [1.165, 1.54) is 18.2 Å². The third kappa shape index (κ3) is 5.33. The van der Waals surface area contributed by atoms with E-state index in [2.05, 4.69) is 5.43 Å². The number of nitrogens with zero attached hydrogens (tertiary/aromatic N) is 2. The molecule has 1 saturated heterocycles. The van der Waals surface area contributed by atoms with E-state index in [0.717, 1.165) is 20.7 Å². The van der Waals surface area contributed by atoms with Crippen LogP contribution in [0.5, 0.6) is 5.75 Å². The summed E-state index contributed by atoms with van der Waals surface area (Å²) in [6.45, 7) is 1.23. The third-order valence-electron chi connectivity index (χ3n) is 5.38. The van der Waals surface area contributed by atoms with Crippen molar-refractivity contribution in [3.05, 3.63) is 83.9 Å². The molecule has 1 aliphatic rings. The predicted octanol–water partition coefficient (Wildman–Crippen LogP) is 3.64. The number of nitrogens with one attached hydrogen (secondary N) is 1. The van der Waals surface area contributed by atoms with Gasteiger partial charge in [-0.15, -0.1) is 0 Å². The number of hydrazine groups is 1. The molecule has 3 aromatic carbocycles. The van der Waals surface area contributed by atoms with Gasteiger partial charge in [-0.1, -0.05) is 54.1 Å². The van der Waals surface area contributed by atoms with Crippen molar-refractivity contribution in [1.82, 2.24) is 10.4 Å². The van der Waals surface area contributed by atoms with Gasteiger partial charge in [0.15, 0.2) is 6.61 Å². The number of carbonyl (C=O) groups excluding carboxylic acids is 4. The molecule has 35 heavy (non-hydrogen) atoms. The molecule has 1 unspecified atom stereocenters. The molecule has 0 aromatic heterocycles. The normalized spacial score (nSPS) is 15.6. The lowest BCUT2D eigenvalue weighted by molar-refractivity contribution is -0.144. The van der Waals surface area contributed by atoms with Crippen LogP contribution in [0.3, 0.4) is 0 Å². The number of carbonyl (C=O) groups is 4. The number of hydrogen-bond donors (Lipinski definition) is 1. The Bertz CT molecular complexity index is 1340. The number of halogens is 1. The molecule has 178 valence electrons. The Morgan fingerprint density at radius 1 is 1.09 bits per heavy atom. The first-order valence-electron chi connectivity index (χ1n) is 10.9. The van der Waals surface area contributed by atoms with E-state index in [1.54, 1.807) is 37.3 Å². The Balaban J connectivity index is 1.48. The molecular formula is C26H22ClN3O5. The maximum Gasteiger partial charge on any atom is 0.276 e. The summed E-state index contributed by atoms with van der Waals surface area (Å²) in [5.74, 6) is -1.99. The second kappa shape index (κ2) is 10.4. The van der Waals surface area contributed by atoms with Crippen LogP contribution in [0, 0.1) is 0 Å². The number of imide groups is 1. The molecular weight excluding hydrogens is 470 g/mol. The molecule has 4 rings (SSSR count). The van der Waals surface area contributed by atoms with E-state index in [1.807, 2.05) is 30.3 Å². The van der Waals surface area contributed by atoms with Crippen molar-refractivity contribution in [2.24, 2.45) is 0 Å². The highest BCUT2D eigenvalue weighted by molar-refractivity contribution is 6.31. The molecule has 1 aliphatic heterocycles. The van der Waals surface area contributed by atoms with Gasteiger partial charge in [-0.05, 0) is 48.0 Å². The highest BCUT2D eigenvalue weighted by Gasteiger charge is 2.45. The van der Waals surface area contributed by atoms with Crippen molar-refractivity contribution in [2.75, 3.05) is 11.5 Å². The van der Waals surface area contributed by atoms with E-state index >= 15 is 0 Å². The predicted molar refractivity (Wildman–Crippen MR) is 132 cm³/mol. The lowest BCUT2D eigenvalue weighted by Gasteiger charge is -2.26. The van der Waals surface area contributed by atoms with Crippen LogP contribution in [0.4, 0.5) is 5.69 Å². The average molecular weight is 492 g/mol. The first-order chi connectivity index (χ1) is 16.9. The van der Waals surface area contributed by atoms with Crippen LogP contribution in [0.1, 0.15) is 13.3 Å². The van der Waals surface area contributed by atoms with Gasteiger partial charge in [0.2, 0.25) is 5.91 Å². The quantitative estimate of drug-likeness (QED) is 0.322. The molecule has 1 fully saturated rings. The fourth-order valence-corrected chi connectivity index (χ4v) is 3.97. The van der Waals surface area contributed by atoms with Crippen LogP contribution < -0.4 is 15.1 Å². The summed E-state index contributed by atoms with van der Waals surface area (Å²) < 4.78 is 5.59. The zero-order valence-corrected chi connectivity index (χ0v) is 19.6. The van der Waals surface area contributed by atoms with Crippen molar-refractivity contribution < 1.29 is 23.9 Å². The summed E-state index contributed by atoms with van der Waals surface area (Å²) in [4.78, 5) is 52.1. The number of rotatable bonds is 6. The van der Waals surface area contributed by atoms with E-state index in [9.17, 15) is 19.2 Å². The molecule has 9 heteroatoms.